The number of fused-ring (bicyclic) bond motifs is 2. The molecule has 0 saturated carbocycles. The van der Waals surface area contributed by atoms with Gasteiger partial charge in [0.15, 0.2) is 0 Å². The van der Waals surface area contributed by atoms with Crippen molar-refractivity contribution in [1.29, 1.82) is 0 Å². The molecule has 0 fully saturated rings. The van der Waals surface area contributed by atoms with Crippen molar-refractivity contribution in [3.05, 3.63) is 94.9 Å². The Morgan fingerprint density at radius 2 is 1.69 bits per heavy atom. The highest BCUT2D eigenvalue weighted by Crippen LogP contribution is 2.26. The normalized spacial score (nSPS) is 19.1. The minimum Gasteiger partial charge on any atom is -0.394 e. The highest BCUT2D eigenvalue weighted by Gasteiger charge is 2.20. The van der Waals surface area contributed by atoms with Gasteiger partial charge in [0.25, 0.3) is 0 Å². The van der Waals surface area contributed by atoms with E-state index in [0.717, 1.165) is 5.22 Å². The van der Waals surface area contributed by atoms with E-state index in [9.17, 15) is 0 Å². The number of hydrogen-bond donors (Lipinski definition) is 1. The topological polar surface area (TPSA) is 29.5 Å². The number of benzene rings is 3. The summed E-state index contributed by atoms with van der Waals surface area (Å²) >= 11 is 0. The predicted octanol–water partition coefficient (Wildman–Crippen LogP) is 3.16. The van der Waals surface area contributed by atoms with Crippen molar-refractivity contribution in [1.82, 2.24) is 0 Å². The second-order valence-electron chi connectivity index (χ2n) is 6.76. The lowest BCUT2D eigenvalue weighted by molar-refractivity contribution is 0.0276. The molecule has 2 nitrogen and oxygen atoms in total. The van der Waals surface area contributed by atoms with Crippen molar-refractivity contribution >= 4 is 22.4 Å². The molecule has 0 amide bonds. The average molecular weight is 342 g/mol. The maximum absolute atomic E-state index is 9.16. The van der Waals surface area contributed by atoms with E-state index >= 15 is 0 Å². The van der Waals surface area contributed by atoms with Crippen LogP contribution in [0.3, 0.4) is 0 Å². The van der Waals surface area contributed by atoms with Crippen LogP contribution in [-0.2, 0) is 4.74 Å². The zero-order valence-corrected chi connectivity index (χ0v) is 14.9. The molecule has 3 aromatic carbocycles. The van der Waals surface area contributed by atoms with E-state index < -0.39 is 5.60 Å². The minimum atomic E-state index is -0.550. The summed E-state index contributed by atoms with van der Waals surface area (Å²) in [4.78, 5) is 0. The van der Waals surface area contributed by atoms with Gasteiger partial charge in [-0.05, 0) is 51.4 Å². The summed E-state index contributed by atoms with van der Waals surface area (Å²) in [6.07, 6.45) is 6.37. The van der Waals surface area contributed by atoms with Gasteiger partial charge in [-0.25, -0.2) is 0 Å². The molecule has 1 N–H and O–H groups in total. The van der Waals surface area contributed by atoms with Gasteiger partial charge >= 0.3 is 0 Å². The first-order valence-corrected chi connectivity index (χ1v) is 8.95. The number of hydrogen-bond acceptors (Lipinski definition) is 2. The summed E-state index contributed by atoms with van der Waals surface area (Å²) in [7, 11) is 0. The van der Waals surface area contributed by atoms with Crippen LogP contribution in [-0.4, -0.2) is 23.9 Å². The van der Waals surface area contributed by atoms with Gasteiger partial charge in [0.1, 0.15) is 5.60 Å². The van der Waals surface area contributed by atoms with Crippen molar-refractivity contribution in [2.24, 2.45) is 0 Å². The van der Waals surface area contributed by atoms with Crippen molar-refractivity contribution in [3.8, 4) is 0 Å². The Balaban J connectivity index is 1.99. The lowest BCUT2D eigenvalue weighted by Crippen LogP contribution is -2.32. The third kappa shape index (κ3) is 3.10. The zero-order valence-electron chi connectivity index (χ0n) is 14.9. The number of ether oxygens (including phenoxy) is 1. The number of allylic oxidation sites excluding steroid dienone is 1. The Hall–Kier alpha value is -2.68. The quantitative estimate of drug-likeness (QED) is 0.789. The largest absolute Gasteiger partial charge is 0.394 e. The van der Waals surface area contributed by atoms with Crippen LogP contribution >= 0.6 is 0 Å². The van der Waals surface area contributed by atoms with E-state index in [-0.39, 0.29) is 6.61 Å². The second kappa shape index (κ2) is 6.91. The standard InChI is InChI=1S/C24H22O2/c1-24(26-16-15-25)14-13-23(21-11-5-3-8-19(21)17-24)22-12-6-9-18-7-2-4-10-20(18)22/h2-14,17,25H,15-16H2,1H3. The summed E-state index contributed by atoms with van der Waals surface area (Å²) in [6.45, 7) is 2.35. The second-order valence-corrected chi connectivity index (χ2v) is 6.76. The van der Waals surface area contributed by atoms with Gasteiger partial charge < -0.3 is 9.84 Å². The van der Waals surface area contributed by atoms with Gasteiger partial charge in [0.2, 0.25) is 0 Å². The van der Waals surface area contributed by atoms with Crippen molar-refractivity contribution < 1.29 is 9.84 Å². The van der Waals surface area contributed by atoms with E-state index in [0.29, 0.717) is 6.61 Å². The third-order valence-corrected chi connectivity index (χ3v) is 4.86. The first-order valence-electron chi connectivity index (χ1n) is 8.95. The summed E-state index contributed by atoms with van der Waals surface area (Å²) < 4.78 is 5.92. The van der Waals surface area contributed by atoms with Gasteiger partial charge in [-0.15, -0.1) is 0 Å². The molecule has 26 heavy (non-hydrogen) atoms. The van der Waals surface area contributed by atoms with Crippen LogP contribution < -0.4 is 10.4 Å². The molecular weight excluding hydrogens is 320 g/mol. The van der Waals surface area contributed by atoms with Gasteiger partial charge in [-0.2, -0.15) is 0 Å². The van der Waals surface area contributed by atoms with Crippen LogP contribution in [0.4, 0.5) is 0 Å². The third-order valence-electron chi connectivity index (χ3n) is 4.86. The molecule has 0 radical (unpaired) electrons. The summed E-state index contributed by atoms with van der Waals surface area (Å²) in [6, 6.07) is 23.3. The molecule has 1 unspecified atom stereocenters. The van der Waals surface area contributed by atoms with Gasteiger partial charge in [0.05, 0.1) is 13.2 Å². The molecule has 4 rings (SSSR count). The van der Waals surface area contributed by atoms with Crippen LogP contribution in [0, 0.1) is 0 Å². The fourth-order valence-corrected chi connectivity index (χ4v) is 3.61. The lowest BCUT2D eigenvalue weighted by atomic mass is 9.96. The van der Waals surface area contributed by atoms with Crippen molar-refractivity contribution in [3.63, 3.8) is 0 Å². The fourth-order valence-electron chi connectivity index (χ4n) is 3.61. The van der Waals surface area contributed by atoms with E-state index in [1.54, 1.807) is 0 Å². The molecule has 0 aliphatic heterocycles. The molecular formula is C24H22O2. The van der Waals surface area contributed by atoms with Crippen LogP contribution in [0.25, 0.3) is 22.4 Å². The Morgan fingerprint density at radius 3 is 2.58 bits per heavy atom. The van der Waals surface area contributed by atoms with Gasteiger partial charge in [-0.3, -0.25) is 0 Å². The maximum Gasteiger partial charge on any atom is 0.103 e. The Kier molecular flexibility index (Phi) is 4.46. The van der Waals surface area contributed by atoms with Crippen molar-refractivity contribution in [2.75, 3.05) is 13.2 Å². The number of rotatable bonds is 4. The smallest absolute Gasteiger partial charge is 0.103 e. The van der Waals surface area contributed by atoms with E-state index in [1.165, 1.54) is 27.1 Å². The Morgan fingerprint density at radius 1 is 0.923 bits per heavy atom. The highest BCUT2D eigenvalue weighted by molar-refractivity contribution is 5.96. The minimum absolute atomic E-state index is 0.0127. The molecule has 2 heteroatoms. The van der Waals surface area contributed by atoms with E-state index in [1.807, 2.05) is 13.0 Å². The Bertz CT molecular complexity index is 1090. The molecule has 3 aromatic rings. The average Bonchev–Trinajstić information content (AvgIpc) is 2.82. The monoisotopic (exact) mass is 342 g/mol. The number of aliphatic hydroxyl groups is 1. The first-order chi connectivity index (χ1) is 12.7. The Labute approximate surface area is 153 Å². The van der Waals surface area contributed by atoms with Crippen LogP contribution in [0.5, 0.6) is 0 Å². The molecule has 1 atom stereocenters. The van der Waals surface area contributed by atoms with E-state index in [2.05, 4.69) is 78.9 Å². The summed E-state index contributed by atoms with van der Waals surface area (Å²) in [5, 5.41) is 14.0. The summed E-state index contributed by atoms with van der Waals surface area (Å²) in [5.41, 5.74) is 1.85. The molecule has 0 heterocycles. The zero-order chi connectivity index (χ0) is 18.0. The van der Waals surface area contributed by atoms with Gasteiger partial charge in [0, 0.05) is 0 Å². The SMILES string of the molecule is CC1(OCCO)C=CC(c2cccc3ccccc23)=c2ccccc2=C1. The number of aliphatic hydroxyl groups excluding tert-OH is 1. The molecule has 0 bridgehead atoms. The lowest BCUT2D eigenvalue weighted by Gasteiger charge is -2.22. The molecule has 1 aliphatic rings. The molecule has 0 aromatic heterocycles. The van der Waals surface area contributed by atoms with Crippen molar-refractivity contribution in [2.45, 2.75) is 12.5 Å². The highest BCUT2D eigenvalue weighted by atomic mass is 16.5. The van der Waals surface area contributed by atoms with Crippen LogP contribution in [0.15, 0.2) is 78.9 Å². The van der Waals surface area contributed by atoms with Crippen LogP contribution in [0.1, 0.15) is 12.5 Å². The first kappa shape index (κ1) is 16.8. The van der Waals surface area contributed by atoms with Crippen LogP contribution in [0.2, 0.25) is 0 Å². The molecule has 1 aliphatic carbocycles. The predicted molar refractivity (Wildman–Crippen MR) is 107 cm³/mol. The fraction of sp³-hybridized carbons (Fsp3) is 0.167. The molecule has 130 valence electrons. The summed E-state index contributed by atoms with van der Waals surface area (Å²) in [5.74, 6) is 0. The maximum atomic E-state index is 9.16. The molecule has 0 spiro atoms. The van der Waals surface area contributed by atoms with E-state index in [4.69, 9.17) is 9.84 Å². The molecule has 0 saturated heterocycles. The van der Waals surface area contributed by atoms with Gasteiger partial charge in [-0.1, -0.05) is 72.8 Å².